The van der Waals surface area contributed by atoms with Crippen LogP contribution in [0, 0.1) is 23.7 Å². The molecule has 61 heavy (non-hydrogen) atoms. The van der Waals surface area contributed by atoms with Gasteiger partial charge in [0.05, 0.1) is 11.1 Å². The number of carbonyl (C=O) groups excluding carboxylic acids is 3. The van der Waals surface area contributed by atoms with Gasteiger partial charge in [0.1, 0.15) is 5.60 Å². The number of ether oxygens (including phenoxy) is 3. The molecule has 3 aliphatic rings. The molecule has 3 N–H and O–H groups in total. The summed E-state index contributed by atoms with van der Waals surface area (Å²) < 4.78 is 17.3. The number of hydrogen-bond acceptors (Lipinski definition) is 9. The maximum Gasteiger partial charge on any atom is 0.391 e. The molecule has 5 aromatic rings. The van der Waals surface area contributed by atoms with Gasteiger partial charge in [-0.3, -0.25) is 19.6 Å². The van der Waals surface area contributed by atoms with E-state index in [2.05, 4.69) is 44.3 Å². The van der Waals surface area contributed by atoms with Crippen molar-refractivity contribution in [3.05, 3.63) is 154 Å². The highest BCUT2D eigenvalue weighted by Crippen LogP contribution is 2.37. The number of carbonyl (C=O) groups is 3. The molecule has 0 saturated heterocycles. The van der Waals surface area contributed by atoms with Gasteiger partial charge < -0.3 is 30.0 Å². The maximum atomic E-state index is 13.1. The van der Waals surface area contributed by atoms with Crippen LogP contribution in [0.2, 0.25) is 10.0 Å². The number of amides is 2. The molecule has 13 heteroatoms. The van der Waals surface area contributed by atoms with Crippen molar-refractivity contribution in [3.63, 3.8) is 0 Å². The topological polar surface area (TPSA) is 149 Å². The summed E-state index contributed by atoms with van der Waals surface area (Å²) in [6.07, 6.45) is 9.94. The van der Waals surface area contributed by atoms with Crippen molar-refractivity contribution in [1.82, 2.24) is 20.6 Å². The van der Waals surface area contributed by atoms with Crippen molar-refractivity contribution < 1.29 is 33.7 Å². The molecule has 2 saturated carbocycles. The van der Waals surface area contributed by atoms with Gasteiger partial charge in [-0.05, 0) is 117 Å². The zero-order chi connectivity index (χ0) is 42.7. The fourth-order valence-corrected chi connectivity index (χ4v) is 7.74. The average molecular weight is 858 g/mol. The highest BCUT2D eigenvalue weighted by Gasteiger charge is 2.43. The lowest BCUT2D eigenvalue weighted by Crippen LogP contribution is -2.49. The van der Waals surface area contributed by atoms with Crippen molar-refractivity contribution in [2.45, 2.75) is 80.9 Å². The van der Waals surface area contributed by atoms with Gasteiger partial charge in [-0.15, -0.1) is 0 Å². The minimum atomic E-state index is -1.22. The summed E-state index contributed by atoms with van der Waals surface area (Å²) in [5.74, 6) is 12.1. The van der Waals surface area contributed by atoms with Crippen LogP contribution < -0.4 is 20.1 Å². The molecule has 2 aliphatic carbocycles. The van der Waals surface area contributed by atoms with Crippen LogP contribution in [0.4, 0.5) is 0 Å². The number of nitrogens with one attached hydrogen (secondary N) is 2. The standard InChI is InChI=1S/C28H23ClN2O5.C20H19ClN2O2/c29-21-8-3-6-19(16-21)12-14-28(36-26(33)27-34-23-10-1-2-11-24(23)35-27)13-4-9-22(17-28)31-25(32)20-7-5-15-30-18-20;21-17-6-1-4-15(12-17)8-10-20(25)9-2-7-18(13-20)23-19(24)16-5-3-11-22-14-16/h1-3,5-8,10-11,15-16,18,22,27H,4,9,13,17H2,(H,31,32);1,3-6,11-12,14,18,25H,2,7,9,13H2,(H,23,24)/t22-,28+;18-,20+/m01/s1. The van der Waals surface area contributed by atoms with Crippen molar-refractivity contribution in [3.8, 4) is 35.2 Å². The first-order valence-corrected chi connectivity index (χ1v) is 20.7. The van der Waals surface area contributed by atoms with Crippen molar-refractivity contribution in [1.29, 1.82) is 0 Å². The van der Waals surface area contributed by atoms with Gasteiger partial charge >= 0.3 is 12.3 Å². The number of benzene rings is 3. The molecule has 0 unspecified atom stereocenters. The zero-order valence-electron chi connectivity index (χ0n) is 33.0. The Kier molecular flexibility index (Phi) is 13.9. The first-order chi connectivity index (χ1) is 29.5. The van der Waals surface area contributed by atoms with Crippen LogP contribution in [-0.4, -0.2) is 62.4 Å². The van der Waals surface area contributed by atoms with Gasteiger partial charge in [-0.25, -0.2) is 4.79 Å². The van der Waals surface area contributed by atoms with Crippen LogP contribution in [0.3, 0.4) is 0 Å². The first-order valence-electron chi connectivity index (χ1n) is 19.9. The Morgan fingerprint density at radius 1 is 0.689 bits per heavy atom. The van der Waals surface area contributed by atoms with Crippen LogP contribution in [0.25, 0.3) is 0 Å². The molecule has 4 atom stereocenters. The first kappa shape index (κ1) is 42.7. The molecule has 0 radical (unpaired) electrons. The van der Waals surface area contributed by atoms with Crippen LogP contribution >= 0.6 is 23.2 Å². The summed E-state index contributed by atoms with van der Waals surface area (Å²) >= 11 is 12.1. The fourth-order valence-electron chi connectivity index (χ4n) is 7.36. The van der Waals surface area contributed by atoms with Crippen molar-refractivity contribution >= 4 is 41.0 Å². The summed E-state index contributed by atoms with van der Waals surface area (Å²) in [5, 5.41) is 18.0. The van der Waals surface area contributed by atoms with Crippen LogP contribution in [-0.2, 0) is 9.53 Å². The molecule has 0 spiro atoms. The molecule has 2 aromatic heterocycles. The normalized spacial score (nSPS) is 21.4. The predicted molar refractivity (Wildman–Crippen MR) is 230 cm³/mol. The van der Waals surface area contributed by atoms with Crippen LogP contribution in [0.15, 0.2) is 122 Å². The van der Waals surface area contributed by atoms with Crippen molar-refractivity contribution in [2.75, 3.05) is 0 Å². The quantitative estimate of drug-likeness (QED) is 0.115. The Morgan fingerprint density at radius 2 is 1.23 bits per heavy atom. The second-order valence-corrected chi connectivity index (χ2v) is 15.9. The third kappa shape index (κ3) is 11.9. The second-order valence-electron chi connectivity index (χ2n) is 15.0. The zero-order valence-corrected chi connectivity index (χ0v) is 34.5. The number of halogens is 2. The predicted octanol–water partition coefficient (Wildman–Crippen LogP) is 7.73. The molecule has 11 nitrogen and oxygen atoms in total. The van der Waals surface area contributed by atoms with Gasteiger partial charge in [0.15, 0.2) is 17.1 Å². The van der Waals surface area contributed by atoms with E-state index in [4.69, 9.17) is 37.4 Å². The Labute approximate surface area is 364 Å². The molecule has 0 bridgehead atoms. The molecule has 1 aliphatic heterocycles. The Balaban J connectivity index is 0.000000197. The molecule has 2 amide bonds. The SMILES string of the molecule is O=C(N[C@@H]1CCC[C@](O)(C#Cc2cccc(Cl)c2)C1)c1cccnc1.O=C(N[C@H]1CCC[C@](C#Cc2cccc(Cl)c2)(OC(=O)C2Oc3ccccc3O2)C1)c1cccnc1. The Bertz CT molecular complexity index is 2460. The number of hydrogen-bond donors (Lipinski definition) is 3. The number of aromatic nitrogens is 2. The fraction of sp³-hybridized carbons (Fsp3) is 0.271. The van der Waals surface area contributed by atoms with E-state index < -0.39 is 23.5 Å². The highest BCUT2D eigenvalue weighted by molar-refractivity contribution is 6.31. The number of pyridine rings is 2. The minimum Gasteiger partial charge on any atom is -0.441 e. The minimum absolute atomic E-state index is 0.111. The largest absolute Gasteiger partial charge is 0.441 e. The number of fused-ring (bicyclic) bond motifs is 1. The lowest BCUT2D eigenvalue weighted by atomic mass is 9.81. The van der Waals surface area contributed by atoms with E-state index >= 15 is 0 Å². The number of esters is 1. The number of rotatable bonds is 6. The monoisotopic (exact) mass is 856 g/mol. The smallest absolute Gasteiger partial charge is 0.391 e. The molecular formula is C48H42Cl2N4O7. The van der Waals surface area contributed by atoms with Crippen molar-refractivity contribution in [2.24, 2.45) is 0 Å². The average Bonchev–Trinajstić information content (AvgIpc) is 3.71. The maximum absolute atomic E-state index is 13.1. The molecule has 3 heterocycles. The molecule has 310 valence electrons. The second kappa shape index (κ2) is 19.8. The third-order valence-corrected chi connectivity index (χ3v) is 10.8. The summed E-state index contributed by atoms with van der Waals surface area (Å²) in [5.41, 5.74) is 0.185. The summed E-state index contributed by atoms with van der Waals surface area (Å²) in [4.78, 5) is 46.1. The summed E-state index contributed by atoms with van der Waals surface area (Å²) in [7, 11) is 0. The number of para-hydroxylation sites is 2. The van der Waals surface area contributed by atoms with Crippen LogP contribution in [0.5, 0.6) is 11.5 Å². The van der Waals surface area contributed by atoms with Crippen LogP contribution in [0.1, 0.15) is 83.2 Å². The highest BCUT2D eigenvalue weighted by atomic mass is 35.5. The number of nitrogens with zero attached hydrogens (tertiary/aromatic N) is 2. The van der Waals surface area contributed by atoms with E-state index in [-0.39, 0.29) is 23.9 Å². The lowest BCUT2D eigenvalue weighted by molar-refractivity contribution is -0.175. The van der Waals surface area contributed by atoms with Gasteiger partial charge in [0.2, 0.25) is 0 Å². The molecule has 8 rings (SSSR count). The van der Waals surface area contributed by atoms with E-state index in [1.807, 2.05) is 18.2 Å². The van der Waals surface area contributed by atoms with E-state index in [0.29, 0.717) is 70.3 Å². The van der Waals surface area contributed by atoms with Gasteiger partial charge in [-0.1, -0.05) is 65.2 Å². The Hall–Kier alpha value is -6.37. The summed E-state index contributed by atoms with van der Waals surface area (Å²) in [6.45, 7) is 0. The number of aliphatic hydroxyl groups is 1. The lowest BCUT2D eigenvalue weighted by Gasteiger charge is -2.37. The Morgan fingerprint density at radius 3 is 1.77 bits per heavy atom. The van der Waals surface area contributed by atoms with E-state index in [1.165, 1.54) is 12.4 Å². The summed E-state index contributed by atoms with van der Waals surface area (Å²) in [6, 6.07) is 27.9. The van der Waals surface area contributed by atoms with Gasteiger partial charge in [-0.2, -0.15) is 0 Å². The third-order valence-electron chi connectivity index (χ3n) is 10.3. The molecular weight excluding hydrogens is 815 g/mol. The molecule has 3 aromatic carbocycles. The van der Waals surface area contributed by atoms with E-state index in [1.54, 1.807) is 91.3 Å². The van der Waals surface area contributed by atoms with Gasteiger partial charge in [0.25, 0.3) is 11.8 Å². The van der Waals surface area contributed by atoms with E-state index in [0.717, 1.165) is 24.8 Å². The molecule has 2 fully saturated rings. The van der Waals surface area contributed by atoms with Gasteiger partial charge in [0, 0.05) is 70.9 Å². The van der Waals surface area contributed by atoms with E-state index in [9.17, 15) is 19.5 Å².